The van der Waals surface area contributed by atoms with E-state index in [1.165, 1.54) is 0 Å². The molecule has 0 radical (unpaired) electrons. The molecule has 0 aromatic carbocycles. The lowest BCUT2D eigenvalue weighted by Gasteiger charge is -2.33. The second-order valence-corrected chi connectivity index (χ2v) is 5.56. The van der Waals surface area contributed by atoms with Crippen LogP contribution in [0, 0.1) is 11.3 Å². The van der Waals surface area contributed by atoms with Crippen LogP contribution < -0.4 is 5.32 Å². The van der Waals surface area contributed by atoms with E-state index in [1.54, 1.807) is 6.08 Å². The molecule has 2 rings (SSSR count). The molecule has 1 saturated heterocycles. The zero-order valence-corrected chi connectivity index (χ0v) is 10.2. The number of morpholine rings is 1. The normalized spacial score (nSPS) is 34.0. The lowest BCUT2D eigenvalue weighted by atomic mass is 9.74. The van der Waals surface area contributed by atoms with Gasteiger partial charge in [0.25, 0.3) is 0 Å². The topological polar surface area (TPSA) is 38.3 Å². The predicted molar refractivity (Wildman–Crippen MR) is 63.3 cm³/mol. The summed E-state index contributed by atoms with van der Waals surface area (Å²) in [6.45, 7) is 6.95. The molecule has 2 aliphatic rings. The molecule has 0 bridgehead atoms. The minimum Gasteiger partial charge on any atom is -0.376 e. The minimum atomic E-state index is 0.143. The van der Waals surface area contributed by atoms with Crippen molar-refractivity contribution < 1.29 is 9.53 Å². The van der Waals surface area contributed by atoms with E-state index in [-0.39, 0.29) is 23.2 Å². The third-order valence-corrected chi connectivity index (χ3v) is 3.43. The van der Waals surface area contributed by atoms with Crippen LogP contribution in [0.15, 0.2) is 12.2 Å². The summed E-state index contributed by atoms with van der Waals surface area (Å²) < 4.78 is 5.66. The molecule has 16 heavy (non-hydrogen) atoms. The smallest absolute Gasteiger partial charge is 0.158 e. The van der Waals surface area contributed by atoms with Crippen LogP contribution in [-0.2, 0) is 9.53 Å². The van der Waals surface area contributed by atoms with E-state index in [9.17, 15) is 4.79 Å². The highest BCUT2D eigenvalue weighted by atomic mass is 16.5. The number of rotatable bonds is 2. The van der Waals surface area contributed by atoms with E-state index in [4.69, 9.17) is 4.74 Å². The Bertz CT molecular complexity index is 290. The molecule has 1 heterocycles. The van der Waals surface area contributed by atoms with Gasteiger partial charge in [-0.3, -0.25) is 4.79 Å². The molecule has 1 fully saturated rings. The Hall–Kier alpha value is -0.670. The minimum absolute atomic E-state index is 0.143. The highest BCUT2D eigenvalue weighted by molar-refractivity contribution is 5.92. The van der Waals surface area contributed by atoms with Crippen LogP contribution in [0.25, 0.3) is 0 Å². The van der Waals surface area contributed by atoms with Crippen LogP contribution in [-0.4, -0.2) is 31.6 Å². The Morgan fingerprint density at radius 2 is 2.38 bits per heavy atom. The summed E-state index contributed by atoms with van der Waals surface area (Å²) in [6.07, 6.45) is 5.81. The van der Waals surface area contributed by atoms with Crippen LogP contribution in [0.2, 0.25) is 0 Å². The Balaban J connectivity index is 1.93. The summed E-state index contributed by atoms with van der Waals surface area (Å²) >= 11 is 0. The van der Waals surface area contributed by atoms with Gasteiger partial charge in [-0.15, -0.1) is 0 Å². The van der Waals surface area contributed by atoms with Crippen molar-refractivity contribution in [2.75, 3.05) is 19.7 Å². The van der Waals surface area contributed by atoms with Crippen molar-refractivity contribution in [3.05, 3.63) is 12.2 Å². The van der Waals surface area contributed by atoms with Crippen molar-refractivity contribution >= 4 is 5.78 Å². The van der Waals surface area contributed by atoms with Gasteiger partial charge in [0.2, 0.25) is 0 Å². The molecule has 0 aromatic heterocycles. The number of hydrogen-bond acceptors (Lipinski definition) is 3. The monoisotopic (exact) mass is 223 g/mol. The van der Waals surface area contributed by atoms with Gasteiger partial charge in [0.1, 0.15) is 0 Å². The Morgan fingerprint density at radius 3 is 3.06 bits per heavy atom. The zero-order chi connectivity index (χ0) is 11.6. The molecule has 1 aliphatic heterocycles. The second kappa shape index (κ2) is 4.68. The van der Waals surface area contributed by atoms with Gasteiger partial charge >= 0.3 is 0 Å². The molecule has 2 atom stereocenters. The zero-order valence-electron chi connectivity index (χ0n) is 10.2. The summed E-state index contributed by atoms with van der Waals surface area (Å²) in [7, 11) is 0. The second-order valence-electron chi connectivity index (χ2n) is 5.56. The quantitative estimate of drug-likeness (QED) is 0.771. The number of hydrogen-bond donors (Lipinski definition) is 1. The molecule has 2 unspecified atom stereocenters. The maximum atomic E-state index is 11.8. The largest absolute Gasteiger partial charge is 0.376 e. The first-order chi connectivity index (χ1) is 7.57. The first kappa shape index (κ1) is 11.8. The molecule has 1 N–H and O–H groups in total. The van der Waals surface area contributed by atoms with Crippen molar-refractivity contribution in [2.24, 2.45) is 11.3 Å². The summed E-state index contributed by atoms with van der Waals surface area (Å²) in [5.74, 6) is 0.415. The van der Waals surface area contributed by atoms with E-state index < -0.39 is 0 Å². The van der Waals surface area contributed by atoms with Crippen molar-refractivity contribution in [3.63, 3.8) is 0 Å². The van der Waals surface area contributed by atoms with Crippen molar-refractivity contribution in [1.82, 2.24) is 5.32 Å². The number of allylic oxidation sites excluding steroid dienone is 2. The highest BCUT2D eigenvalue weighted by Crippen LogP contribution is 2.34. The molecule has 0 spiro atoms. The number of carbonyl (C=O) groups is 1. The maximum absolute atomic E-state index is 11.8. The van der Waals surface area contributed by atoms with Crippen LogP contribution in [0.3, 0.4) is 0 Å². The fraction of sp³-hybridized carbons (Fsp3) is 0.769. The third-order valence-electron chi connectivity index (χ3n) is 3.43. The Labute approximate surface area is 97.2 Å². The fourth-order valence-corrected chi connectivity index (χ4v) is 2.54. The van der Waals surface area contributed by atoms with Crippen LogP contribution in [0.4, 0.5) is 0 Å². The number of ketones is 1. The lowest BCUT2D eigenvalue weighted by Crippen LogP contribution is -2.41. The maximum Gasteiger partial charge on any atom is 0.158 e. The molecular formula is C13H21NO2. The van der Waals surface area contributed by atoms with Gasteiger partial charge in [0, 0.05) is 19.0 Å². The van der Waals surface area contributed by atoms with E-state index in [0.717, 1.165) is 32.5 Å². The van der Waals surface area contributed by atoms with Gasteiger partial charge in [-0.05, 0) is 24.3 Å². The first-order valence-electron chi connectivity index (χ1n) is 6.12. The molecule has 0 aromatic rings. The number of ether oxygens (including phenoxy) is 1. The lowest BCUT2D eigenvalue weighted by molar-refractivity contribution is -0.121. The summed E-state index contributed by atoms with van der Waals surface area (Å²) in [6, 6.07) is 0. The molecule has 3 heteroatoms. The van der Waals surface area contributed by atoms with Gasteiger partial charge < -0.3 is 10.1 Å². The molecule has 90 valence electrons. The molecule has 3 nitrogen and oxygen atoms in total. The van der Waals surface area contributed by atoms with E-state index >= 15 is 0 Å². The van der Waals surface area contributed by atoms with Gasteiger partial charge in [0.05, 0.1) is 12.7 Å². The molecule has 1 aliphatic carbocycles. The summed E-state index contributed by atoms with van der Waals surface area (Å²) in [5, 5.41) is 3.31. The van der Waals surface area contributed by atoms with Crippen molar-refractivity contribution in [3.8, 4) is 0 Å². The first-order valence-corrected chi connectivity index (χ1v) is 6.12. The highest BCUT2D eigenvalue weighted by Gasteiger charge is 2.31. The Kier molecular flexibility index (Phi) is 3.45. The van der Waals surface area contributed by atoms with Crippen molar-refractivity contribution in [1.29, 1.82) is 0 Å². The summed E-state index contributed by atoms with van der Waals surface area (Å²) in [5.41, 5.74) is 0.153. The van der Waals surface area contributed by atoms with Crippen LogP contribution in [0.1, 0.15) is 26.7 Å². The fourth-order valence-electron chi connectivity index (χ4n) is 2.54. The summed E-state index contributed by atoms with van der Waals surface area (Å²) in [4.78, 5) is 11.8. The Morgan fingerprint density at radius 1 is 1.56 bits per heavy atom. The molecule has 0 saturated carbocycles. The number of nitrogens with one attached hydrogen (secondary N) is 1. The predicted octanol–water partition coefficient (Wildman–Crippen LogP) is 1.54. The number of carbonyl (C=O) groups excluding carboxylic acids is 1. The van der Waals surface area contributed by atoms with Crippen LogP contribution >= 0.6 is 0 Å². The van der Waals surface area contributed by atoms with E-state index in [2.05, 4.69) is 19.2 Å². The van der Waals surface area contributed by atoms with E-state index in [1.807, 2.05) is 6.08 Å². The van der Waals surface area contributed by atoms with E-state index in [0.29, 0.717) is 0 Å². The average Bonchev–Trinajstić information content (AvgIpc) is 2.25. The SMILES string of the molecule is CC1(C)C=CC(=O)C(CC2CNCCO2)C1. The van der Waals surface area contributed by atoms with Gasteiger partial charge in [-0.1, -0.05) is 19.9 Å². The molecular weight excluding hydrogens is 202 g/mol. The standard InChI is InChI=1S/C13H21NO2/c1-13(2)4-3-12(15)10(8-13)7-11-9-14-5-6-16-11/h3-4,10-11,14H,5-9H2,1-2H3. The van der Waals surface area contributed by atoms with Gasteiger partial charge in [-0.25, -0.2) is 0 Å². The van der Waals surface area contributed by atoms with Gasteiger partial charge in [0.15, 0.2) is 5.78 Å². The average molecular weight is 223 g/mol. The van der Waals surface area contributed by atoms with Crippen LogP contribution in [0.5, 0.6) is 0 Å². The van der Waals surface area contributed by atoms with Crippen molar-refractivity contribution in [2.45, 2.75) is 32.8 Å². The third kappa shape index (κ3) is 2.92. The molecule has 0 amide bonds. The van der Waals surface area contributed by atoms with Gasteiger partial charge in [-0.2, -0.15) is 0 Å².